The van der Waals surface area contributed by atoms with E-state index in [1.807, 2.05) is 0 Å². The molecule has 0 radical (unpaired) electrons. The topological polar surface area (TPSA) is 52.6 Å². The summed E-state index contributed by atoms with van der Waals surface area (Å²) in [5, 5.41) is 12.7. The lowest BCUT2D eigenvalue weighted by Gasteiger charge is -2.30. The number of aliphatic carboxylic acids is 1. The Balaban J connectivity index is 2.67. The SMILES string of the molecule is CC(C)CNC1(C(=O)O)CCCN(C)CC1. The van der Waals surface area contributed by atoms with Crippen molar-refractivity contribution in [2.24, 2.45) is 5.92 Å². The van der Waals surface area contributed by atoms with Gasteiger partial charge in [-0.1, -0.05) is 13.8 Å². The Morgan fingerprint density at radius 2 is 2.12 bits per heavy atom. The van der Waals surface area contributed by atoms with Gasteiger partial charge in [-0.3, -0.25) is 4.79 Å². The Hall–Kier alpha value is -0.610. The predicted molar refractivity (Wildman–Crippen MR) is 64.6 cm³/mol. The molecule has 1 atom stereocenters. The van der Waals surface area contributed by atoms with Crippen LogP contribution < -0.4 is 5.32 Å². The predicted octanol–water partition coefficient (Wildman–Crippen LogP) is 1.17. The van der Waals surface area contributed by atoms with Gasteiger partial charge in [0.1, 0.15) is 5.54 Å². The van der Waals surface area contributed by atoms with Crippen molar-refractivity contribution in [1.82, 2.24) is 10.2 Å². The zero-order valence-corrected chi connectivity index (χ0v) is 10.6. The minimum absolute atomic E-state index is 0.484. The maximum absolute atomic E-state index is 11.5. The molecule has 1 saturated heterocycles. The molecule has 0 spiro atoms. The molecule has 1 aliphatic rings. The minimum atomic E-state index is -0.699. The van der Waals surface area contributed by atoms with Gasteiger partial charge in [0.2, 0.25) is 0 Å². The summed E-state index contributed by atoms with van der Waals surface area (Å²) in [6.07, 6.45) is 2.39. The molecule has 0 aromatic carbocycles. The van der Waals surface area contributed by atoms with Gasteiger partial charge in [0.25, 0.3) is 0 Å². The van der Waals surface area contributed by atoms with Crippen LogP contribution in [0.5, 0.6) is 0 Å². The average Bonchev–Trinajstić information content (AvgIpc) is 2.38. The largest absolute Gasteiger partial charge is 0.480 e. The van der Waals surface area contributed by atoms with E-state index in [1.165, 1.54) is 0 Å². The van der Waals surface area contributed by atoms with E-state index in [4.69, 9.17) is 0 Å². The van der Waals surface area contributed by atoms with Gasteiger partial charge in [0.05, 0.1) is 0 Å². The molecule has 0 aromatic rings. The van der Waals surface area contributed by atoms with E-state index in [0.29, 0.717) is 12.3 Å². The third-order valence-corrected chi connectivity index (χ3v) is 3.32. The first-order valence-electron chi connectivity index (χ1n) is 6.13. The van der Waals surface area contributed by atoms with Gasteiger partial charge in [0.15, 0.2) is 0 Å². The van der Waals surface area contributed by atoms with Gasteiger partial charge in [-0.2, -0.15) is 0 Å². The summed E-state index contributed by atoms with van der Waals surface area (Å²) in [6, 6.07) is 0. The van der Waals surface area contributed by atoms with Crippen LogP contribution in [0.4, 0.5) is 0 Å². The first-order chi connectivity index (χ1) is 7.46. The maximum atomic E-state index is 11.5. The van der Waals surface area contributed by atoms with Crippen LogP contribution in [0.25, 0.3) is 0 Å². The average molecular weight is 228 g/mol. The second-order valence-corrected chi connectivity index (χ2v) is 5.32. The first-order valence-corrected chi connectivity index (χ1v) is 6.13. The van der Waals surface area contributed by atoms with Crippen LogP contribution in [0, 0.1) is 5.92 Å². The number of carbonyl (C=O) groups is 1. The highest BCUT2D eigenvalue weighted by atomic mass is 16.4. The lowest BCUT2D eigenvalue weighted by Crippen LogP contribution is -2.53. The number of nitrogens with zero attached hydrogens (tertiary/aromatic N) is 1. The highest BCUT2D eigenvalue weighted by Crippen LogP contribution is 2.22. The Kier molecular flexibility index (Phi) is 4.74. The normalized spacial score (nSPS) is 28.0. The molecule has 2 N–H and O–H groups in total. The molecule has 1 unspecified atom stereocenters. The maximum Gasteiger partial charge on any atom is 0.323 e. The lowest BCUT2D eigenvalue weighted by molar-refractivity contribution is -0.145. The fourth-order valence-electron chi connectivity index (χ4n) is 2.14. The number of hydrogen-bond acceptors (Lipinski definition) is 3. The number of rotatable bonds is 4. The van der Waals surface area contributed by atoms with Gasteiger partial charge >= 0.3 is 5.97 Å². The standard InChI is InChI=1S/C12H24N2O2/c1-10(2)9-13-12(11(15)16)5-4-7-14(3)8-6-12/h10,13H,4-9H2,1-3H3,(H,15,16). The van der Waals surface area contributed by atoms with Gasteiger partial charge in [0, 0.05) is 6.54 Å². The van der Waals surface area contributed by atoms with E-state index in [0.717, 1.165) is 32.5 Å². The summed E-state index contributed by atoms with van der Waals surface area (Å²) in [5.74, 6) is -0.208. The Bertz CT molecular complexity index is 243. The van der Waals surface area contributed by atoms with E-state index in [2.05, 4.69) is 31.1 Å². The van der Waals surface area contributed by atoms with Crippen molar-refractivity contribution in [2.45, 2.75) is 38.6 Å². The fourth-order valence-corrected chi connectivity index (χ4v) is 2.14. The van der Waals surface area contributed by atoms with Crippen molar-refractivity contribution in [2.75, 3.05) is 26.7 Å². The second-order valence-electron chi connectivity index (χ2n) is 5.32. The van der Waals surface area contributed by atoms with E-state index < -0.39 is 11.5 Å². The molecule has 0 amide bonds. The molecule has 0 aliphatic carbocycles. The van der Waals surface area contributed by atoms with E-state index in [1.54, 1.807) is 0 Å². The van der Waals surface area contributed by atoms with Crippen LogP contribution in [0.2, 0.25) is 0 Å². The fraction of sp³-hybridized carbons (Fsp3) is 0.917. The molecule has 0 bridgehead atoms. The second kappa shape index (κ2) is 5.64. The zero-order valence-electron chi connectivity index (χ0n) is 10.6. The van der Waals surface area contributed by atoms with E-state index in [9.17, 15) is 9.90 Å². The lowest BCUT2D eigenvalue weighted by atomic mass is 9.90. The Morgan fingerprint density at radius 1 is 1.44 bits per heavy atom. The van der Waals surface area contributed by atoms with Crippen molar-refractivity contribution in [3.05, 3.63) is 0 Å². The van der Waals surface area contributed by atoms with Gasteiger partial charge < -0.3 is 15.3 Å². The third kappa shape index (κ3) is 3.46. The summed E-state index contributed by atoms with van der Waals surface area (Å²) in [7, 11) is 2.06. The summed E-state index contributed by atoms with van der Waals surface area (Å²) in [4.78, 5) is 13.7. The van der Waals surface area contributed by atoms with Crippen LogP contribution in [0.15, 0.2) is 0 Å². The number of hydrogen-bond donors (Lipinski definition) is 2. The molecule has 16 heavy (non-hydrogen) atoms. The molecule has 4 heteroatoms. The molecule has 94 valence electrons. The van der Waals surface area contributed by atoms with Gasteiger partial charge in [-0.05, 0) is 45.3 Å². The monoisotopic (exact) mass is 228 g/mol. The molecule has 1 heterocycles. The van der Waals surface area contributed by atoms with Gasteiger partial charge in [-0.25, -0.2) is 0 Å². The highest BCUT2D eigenvalue weighted by Gasteiger charge is 2.38. The van der Waals surface area contributed by atoms with Crippen LogP contribution in [0.3, 0.4) is 0 Å². The van der Waals surface area contributed by atoms with Crippen LogP contribution in [-0.2, 0) is 4.79 Å². The molecule has 1 fully saturated rings. The van der Waals surface area contributed by atoms with Crippen molar-refractivity contribution in [1.29, 1.82) is 0 Å². The van der Waals surface area contributed by atoms with Crippen molar-refractivity contribution in [3.8, 4) is 0 Å². The third-order valence-electron chi connectivity index (χ3n) is 3.32. The molecular weight excluding hydrogens is 204 g/mol. The number of carboxylic acids is 1. The summed E-state index contributed by atoms with van der Waals surface area (Å²) in [6.45, 7) is 6.84. The highest BCUT2D eigenvalue weighted by molar-refractivity contribution is 5.78. The van der Waals surface area contributed by atoms with Crippen LogP contribution >= 0.6 is 0 Å². The van der Waals surface area contributed by atoms with Crippen molar-refractivity contribution >= 4 is 5.97 Å². The van der Waals surface area contributed by atoms with Crippen molar-refractivity contribution < 1.29 is 9.90 Å². The zero-order chi connectivity index (χ0) is 12.2. The molecule has 1 rings (SSSR count). The molecule has 1 aliphatic heterocycles. The quantitative estimate of drug-likeness (QED) is 0.758. The summed E-state index contributed by atoms with van der Waals surface area (Å²) < 4.78 is 0. The van der Waals surface area contributed by atoms with Crippen LogP contribution in [-0.4, -0.2) is 48.2 Å². The van der Waals surface area contributed by atoms with E-state index in [-0.39, 0.29) is 0 Å². The van der Waals surface area contributed by atoms with Crippen LogP contribution in [0.1, 0.15) is 33.1 Å². The Morgan fingerprint density at radius 3 is 2.69 bits per heavy atom. The number of likely N-dealkylation sites (tertiary alicyclic amines) is 1. The molecule has 0 saturated carbocycles. The number of nitrogens with one attached hydrogen (secondary N) is 1. The number of carboxylic acid groups (broad SMARTS) is 1. The molecular formula is C12H24N2O2. The first kappa shape index (κ1) is 13.5. The Labute approximate surface area is 98.0 Å². The summed E-state index contributed by atoms with van der Waals surface area (Å²) >= 11 is 0. The molecule has 0 aromatic heterocycles. The summed E-state index contributed by atoms with van der Waals surface area (Å²) in [5.41, 5.74) is -0.699. The molecule has 4 nitrogen and oxygen atoms in total. The van der Waals surface area contributed by atoms with E-state index >= 15 is 0 Å². The van der Waals surface area contributed by atoms with Gasteiger partial charge in [-0.15, -0.1) is 0 Å². The minimum Gasteiger partial charge on any atom is -0.480 e. The van der Waals surface area contributed by atoms with Crippen molar-refractivity contribution in [3.63, 3.8) is 0 Å². The smallest absolute Gasteiger partial charge is 0.323 e.